The van der Waals surface area contributed by atoms with Crippen molar-refractivity contribution in [3.63, 3.8) is 0 Å². The summed E-state index contributed by atoms with van der Waals surface area (Å²) in [7, 11) is 0. The summed E-state index contributed by atoms with van der Waals surface area (Å²) in [6, 6.07) is 51.2. The number of benzene rings is 7. The van der Waals surface area contributed by atoms with Gasteiger partial charge < -0.3 is 37.9 Å². The van der Waals surface area contributed by atoms with Gasteiger partial charge in [0.05, 0.1) is 50.8 Å². The lowest BCUT2D eigenvalue weighted by Crippen LogP contribution is -2.08. The Bertz CT molecular complexity index is 2850. The predicted molar refractivity (Wildman–Crippen MR) is 367 cm³/mol. The molecule has 7 aromatic rings. The van der Waals surface area contributed by atoms with Gasteiger partial charge in [0.2, 0.25) is 0 Å². The molecule has 0 aliphatic heterocycles. The summed E-state index contributed by atoms with van der Waals surface area (Å²) in [6.07, 6.45) is 29.1. The Hall–Kier alpha value is -7.72. The molecule has 0 amide bonds. The second-order valence-corrected chi connectivity index (χ2v) is 23.7. The van der Waals surface area contributed by atoms with E-state index in [1.165, 1.54) is 62.5 Å². The van der Waals surface area contributed by atoms with E-state index in [1.54, 1.807) is 48.5 Å². The molecule has 10 heteroatoms. The monoisotopic (exact) mass is 1220 g/mol. The van der Waals surface area contributed by atoms with Gasteiger partial charge in [-0.3, -0.25) is 0 Å². The van der Waals surface area contributed by atoms with Crippen LogP contribution in [0.1, 0.15) is 214 Å². The maximum atomic E-state index is 12.7. The van der Waals surface area contributed by atoms with Crippen LogP contribution in [-0.2, 0) is 12.8 Å². The molecule has 0 aliphatic carbocycles. The maximum Gasteiger partial charge on any atom is 0.343 e. The van der Waals surface area contributed by atoms with Crippen LogP contribution in [-0.4, -0.2) is 51.6 Å². The highest BCUT2D eigenvalue weighted by molar-refractivity contribution is 5.92. The highest BCUT2D eigenvalue weighted by Crippen LogP contribution is 2.42. The van der Waals surface area contributed by atoms with Gasteiger partial charge in [-0.05, 0) is 183 Å². The first-order valence-electron chi connectivity index (χ1n) is 34.3. The van der Waals surface area contributed by atoms with Crippen molar-refractivity contribution in [3.05, 3.63) is 180 Å². The molecule has 0 heterocycles. The van der Waals surface area contributed by atoms with E-state index in [2.05, 4.69) is 88.4 Å². The molecular weight excluding hydrogens is 1120 g/mol. The number of carbonyl (C=O) groups excluding carboxylic acids is 2. The first-order valence-corrected chi connectivity index (χ1v) is 34.3. The standard InChI is InChI=1S/C80H102O10/c1-5-9-23-55-83-69-43-39-67(40-44-69)79(81)89-73-51-47-71(48-52-73)85-57-25-19-15-11-13-17-21-27-59-87-77-61-76(66-37-33-64(30-8-4)34-38-66)78(62-75(77)65-35-31-63(29-7-3)32-36-65)88-60-28-22-18-14-12-16-20-26-58-86-72-49-53-74(54-50-72)90-80(82)68-41-45-70(46-42-68)84-56-24-10-6-2/h31-54,61-62H,5-30,55-60H2,1-4H3. The SMILES string of the molecule is CCCCCOc1ccc(C(=O)Oc2ccc(OCCCCCCCCCCOc3cc(-c4ccc(CCC)cc4)c(OCCCCCCCCCCOc4ccc(OC(=O)c5ccc(OCCCCC)cc5)cc4)cc3-c3ccc(CCC)cc3)cc2)cc1. The minimum absolute atomic E-state index is 0.400. The normalized spacial score (nSPS) is 11.1. The highest BCUT2D eigenvalue weighted by atomic mass is 16.5. The van der Waals surface area contributed by atoms with Crippen molar-refractivity contribution in [1.82, 2.24) is 0 Å². The molecule has 0 unspecified atom stereocenters. The van der Waals surface area contributed by atoms with Crippen molar-refractivity contribution >= 4 is 11.9 Å². The maximum absolute atomic E-state index is 12.7. The van der Waals surface area contributed by atoms with Crippen molar-refractivity contribution in [3.8, 4) is 68.2 Å². The van der Waals surface area contributed by atoms with Gasteiger partial charge >= 0.3 is 11.9 Å². The van der Waals surface area contributed by atoms with Crippen LogP contribution < -0.4 is 37.9 Å². The van der Waals surface area contributed by atoms with E-state index in [-0.39, 0.29) is 0 Å². The Kier molecular flexibility index (Phi) is 32.2. The van der Waals surface area contributed by atoms with Crippen molar-refractivity contribution in [2.75, 3.05) is 39.6 Å². The molecule has 0 N–H and O–H groups in total. The van der Waals surface area contributed by atoms with Gasteiger partial charge in [0.25, 0.3) is 0 Å². The molecule has 0 aromatic heterocycles. The molecule has 0 bridgehead atoms. The van der Waals surface area contributed by atoms with E-state index >= 15 is 0 Å². The zero-order chi connectivity index (χ0) is 63.1. The van der Waals surface area contributed by atoms with Gasteiger partial charge in [-0.25, -0.2) is 9.59 Å². The average molecular weight is 1220 g/mol. The number of hydrogen-bond donors (Lipinski definition) is 0. The van der Waals surface area contributed by atoms with Gasteiger partial charge in [0.1, 0.15) is 46.0 Å². The lowest BCUT2D eigenvalue weighted by molar-refractivity contribution is 0.0725. The second-order valence-electron chi connectivity index (χ2n) is 23.7. The van der Waals surface area contributed by atoms with Crippen LogP contribution in [0.5, 0.6) is 46.0 Å². The minimum Gasteiger partial charge on any atom is -0.494 e. The number of rotatable bonds is 46. The topological polar surface area (TPSA) is 108 Å². The molecule has 7 aromatic carbocycles. The Morgan fingerprint density at radius 2 is 0.522 bits per heavy atom. The third kappa shape index (κ3) is 25.6. The Balaban J connectivity index is 0.786. The van der Waals surface area contributed by atoms with Crippen LogP contribution in [0.3, 0.4) is 0 Å². The molecule has 482 valence electrons. The molecule has 0 fully saturated rings. The van der Waals surface area contributed by atoms with Gasteiger partial charge in [-0.1, -0.05) is 192 Å². The Labute approximate surface area is 539 Å². The lowest BCUT2D eigenvalue weighted by atomic mass is 9.96. The summed E-state index contributed by atoms with van der Waals surface area (Å²) < 4.78 is 48.3. The van der Waals surface area contributed by atoms with Crippen LogP contribution in [0.4, 0.5) is 0 Å². The van der Waals surface area contributed by atoms with Crippen LogP contribution in [0.25, 0.3) is 22.3 Å². The Morgan fingerprint density at radius 3 is 0.811 bits per heavy atom. The van der Waals surface area contributed by atoms with Crippen LogP contribution in [0.15, 0.2) is 158 Å². The molecular formula is C80H102O10. The first kappa shape index (κ1) is 69.7. The minimum atomic E-state index is -0.400. The molecule has 0 aliphatic rings. The third-order valence-corrected chi connectivity index (χ3v) is 16.1. The summed E-state index contributed by atoms with van der Waals surface area (Å²) in [5, 5.41) is 0. The van der Waals surface area contributed by atoms with E-state index in [4.69, 9.17) is 37.9 Å². The van der Waals surface area contributed by atoms with Gasteiger partial charge in [0.15, 0.2) is 0 Å². The van der Waals surface area contributed by atoms with Crippen molar-refractivity contribution in [1.29, 1.82) is 0 Å². The van der Waals surface area contributed by atoms with Crippen LogP contribution >= 0.6 is 0 Å². The van der Waals surface area contributed by atoms with E-state index in [9.17, 15) is 9.59 Å². The largest absolute Gasteiger partial charge is 0.494 e. The average Bonchev–Trinajstić information content (AvgIpc) is 1.00. The molecule has 0 atom stereocenters. The quantitative estimate of drug-likeness (QED) is 0.0208. The molecule has 7 rings (SSSR count). The van der Waals surface area contributed by atoms with Crippen LogP contribution in [0.2, 0.25) is 0 Å². The highest BCUT2D eigenvalue weighted by Gasteiger charge is 2.18. The predicted octanol–water partition coefficient (Wildman–Crippen LogP) is 21.7. The van der Waals surface area contributed by atoms with E-state index in [1.807, 2.05) is 48.5 Å². The summed E-state index contributed by atoms with van der Waals surface area (Å²) in [4.78, 5) is 25.5. The number of aryl methyl sites for hydroxylation is 2. The van der Waals surface area contributed by atoms with Gasteiger partial charge in [-0.2, -0.15) is 0 Å². The zero-order valence-electron chi connectivity index (χ0n) is 54.7. The van der Waals surface area contributed by atoms with Crippen LogP contribution in [0, 0.1) is 0 Å². The fraction of sp³-hybridized carbons (Fsp3) is 0.450. The summed E-state index contributed by atoms with van der Waals surface area (Å²) in [5.74, 6) is 5.04. The molecule has 0 radical (unpaired) electrons. The van der Waals surface area contributed by atoms with E-state index in [0.717, 1.165) is 172 Å². The molecule has 0 saturated heterocycles. The third-order valence-electron chi connectivity index (χ3n) is 16.1. The number of esters is 2. The molecule has 10 nitrogen and oxygen atoms in total. The summed E-state index contributed by atoms with van der Waals surface area (Å²) >= 11 is 0. The fourth-order valence-electron chi connectivity index (χ4n) is 10.8. The Morgan fingerprint density at radius 1 is 0.267 bits per heavy atom. The fourth-order valence-corrected chi connectivity index (χ4v) is 10.8. The van der Waals surface area contributed by atoms with Gasteiger partial charge in [0, 0.05) is 11.1 Å². The van der Waals surface area contributed by atoms with Crippen molar-refractivity contribution in [2.45, 2.75) is 195 Å². The van der Waals surface area contributed by atoms with E-state index < -0.39 is 11.9 Å². The number of hydrogen-bond acceptors (Lipinski definition) is 10. The molecule has 0 saturated carbocycles. The zero-order valence-corrected chi connectivity index (χ0v) is 54.7. The number of carbonyl (C=O) groups is 2. The smallest absolute Gasteiger partial charge is 0.343 e. The van der Waals surface area contributed by atoms with E-state index in [0.29, 0.717) is 62.3 Å². The number of unbranched alkanes of at least 4 members (excludes halogenated alkanes) is 18. The molecule has 90 heavy (non-hydrogen) atoms. The second kappa shape index (κ2) is 41.6. The summed E-state index contributed by atoms with van der Waals surface area (Å²) in [6.45, 7) is 12.8. The van der Waals surface area contributed by atoms with Gasteiger partial charge in [-0.15, -0.1) is 0 Å². The number of ether oxygens (including phenoxy) is 8. The van der Waals surface area contributed by atoms with Crippen molar-refractivity contribution in [2.24, 2.45) is 0 Å². The summed E-state index contributed by atoms with van der Waals surface area (Å²) in [5.41, 5.74) is 8.10. The van der Waals surface area contributed by atoms with Crippen molar-refractivity contribution < 1.29 is 47.5 Å². The first-order chi connectivity index (χ1) is 44.3. The molecule has 0 spiro atoms. The lowest BCUT2D eigenvalue weighted by Gasteiger charge is -2.19.